The van der Waals surface area contributed by atoms with Crippen LogP contribution in [0.5, 0.6) is 0 Å². The number of esters is 1. The summed E-state index contributed by atoms with van der Waals surface area (Å²) in [6, 6.07) is 0. The van der Waals surface area contributed by atoms with E-state index in [1.54, 1.807) is 0 Å². The van der Waals surface area contributed by atoms with E-state index >= 15 is 0 Å². The van der Waals surface area contributed by atoms with Crippen LogP contribution < -0.4 is 0 Å². The van der Waals surface area contributed by atoms with Crippen molar-refractivity contribution in [3.63, 3.8) is 0 Å². The van der Waals surface area contributed by atoms with E-state index in [-0.39, 0.29) is 11.8 Å². The lowest BCUT2D eigenvalue weighted by molar-refractivity contribution is -0.148. The summed E-state index contributed by atoms with van der Waals surface area (Å²) >= 11 is 0. The lowest BCUT2D eigenvalue weighted by Crippen LogP contribution is -2.47. The molecule has 0 spiro atoms. The highest BCUT2D eigenvalue weighted by atomic mass is 32.2. The third-order valence-electron chi connectivity index (χ3n) is 4.25. The molecule has 3 aliphatic heterocycles. The largest absolute Gasteiger partial charge is 0.469 e. The zero-order chi connectivity index (χ0) is 13.2. The first-order valence-corrected chi connectivity index (χ1v) is 7.51. The Morgan fingerprint density at radius 3 is 2.44 bits per heavy atom. The minimum atomic E-state index is -3.73. The van der Waals surface area contributed by atoms with Gasteiger partial charge in [0.15, 0.2) is 0 Å². The van der Waals surface area contributed by atoms with Crippen molar-refractivity contribution in [2.24, 2.45) is 17.8 Å². The number of hydrogen-bond donors (Lipinski definition) is 0. The summed E-state index contributed by atoms with van der Waals surface area (Å²) in [5.41, 5.74) is 0. The van der Waals surface area contributed by atoms with Gasteiger partial charge in [-0.1, -0.05) is 13.8 Å². The summed E-state index contributed by atoms with van der Waals surface area (Å²) in [6.07, 6.45) is -1.36. The highest BCUT2D eigenvalue weighted by Crippen LogP contribution is 2.54. The molecule has 0 aromatic heterocycles. The maximum Gasteiger partial charge on any atom is 0.312 e. The van der Waals surface area contributed by atoms with Crippen LogP contribution in [-0.4, -0.2) is 45.1 Å². The first-order valence-electron chi connectivity index (χ1n) is 6.04. The average molecular weight is 276 g/mol. The van der Waals surface area contributed by atoms with Crippen LogP contribution in [0.2, 0.25) is 0 Å². The van der Waals surface area contributed by atoms with E-state index in [4.69, 9.17) is 13.7 Å². The molecule has 3 heterocycles. The van der Waals surface area contributed by atoms with Crippen molar-refractivity contribution >= 4 is 16.1 Å². The Bertz CT molecular complexity index is 484. The summed E-state index contributed by atoms with van der Waals surface area (Å²) in [7, 11) is -2.47. The molecule has 0 aromatic carbocycles. The summed E-state index contributed by atoms with van der Waals surface area (Å²) < 4.78 is 39.5. The Morgan fingerprint density at radius 1 is 1.22 bits per heavy atom. The molecule has 0 N–H and O–H groups in total. The maximum absolute atomic E-state index is 12.0. The summed E-state index contributed by atoms with van der Waals surface area (Å²) in [5.74, 6) is -1.17. The van der Waals surface area contributed by atoms with Gasteiger partial charge in [0.05, 0.1) is 13.2 Å². The SMILES string of the molecule is COC(=O)C1C2OC3C(OS(=O)(=O)C31)C2C(C)C. The molecular formula is C11H16O6S. The topological polar surface area (TPSA) is 78.9 Å². The summed E-state index contributed by atoms with van der Waals surface area (Å²) in [5, 5.41) is -0.894. The Morgan fingerprint density at radius 2 is 1.89 bits per heavy atom. The van der Waals surface area contributed by atoms with Crippen LogP contribution in [0.3, 0.4) is 0 Å². The first-order chi connectivity index (χ1) is 8.38. The fourth-order valence-corrected chi connectivity index (χ4v) is 5.43. The van der Waals surface area contributed by atoms with Gasteiger partial charge in [-0.15, -0.1) is 0 Å². The fourth-order valence-electron chi connectivity index (χ4n) is 3.58. The highest BCUT2D eigenvalue weighted by Gasteiger charge is 2.72. The van der Waals surface area contributed by atoms with Gasteiger partial charge in [-0.05, 0) is 5.92 Å². The third-order valence-corrected chi connectivity index (χ3v) is 5.97. The standard InChI is InChI=1S/C11H16O6S/c1-4(2)5-7-6(11(12)15-3)10-9(16-7)8(5)17-18(10,13)14/h4-10H,1-3H3. The van der Waals surface area contributed by atoms with Gasteiger partial charge in [0.2, 0.25) is 0 Å². The van der Waals surface area contributed by atoms with E-state index in [1.807, 2.05) is 13.8 Å². The van der Waals surface area contributed by atoms with E-state index in [0.717, 1.165) is 0 Å². The third kappa shape index (κ3) is 1.35. The zero-order valence-electron chi connectivity index (χ0n) is 10.4. The average Bonchev–Trinajstić information content (AvgIpc) is 2.85. The molecule has 0 radical (unpaired) electrons. The molecule has 0 aliphatic carbocycles. The molecule has 3 aliphatic rings. The van der Waals surface area contributed by atoms with Crippen LogP contribution in [0.15, 0.2) is 0 Å². The number of fused-ring (bicyclic) bond motifs is 1. The smallest absolute Gasteiger partial charge is 0.312 e. The molecule has 0 amide bonds. The van der Waals surface area contributed by atoms with Crippen LogP contribution in [-0.2, 0) is 28.6 Å². The number of carbonyl (C=O) groups is 1. The van der Waals surface area contributed by atoms with E-state index in [0.29, 0.717) is 0 Å². The first kappa shape index (κ1) is 12.4. The van der Waals surface area contributed by atoms with Gasteiger partial charge in [0.1, 0.15) is 23.4 Å². The molecule has 0 saturated carbocycles. The quantitative estimate of drug-likeness (QED) is 0.519. The molecule has 18 heavy (non-hydrogen) atoms. The van der Waals surface area contributed by atoms with E-state index in [1.165, 1.54) is 7.11 Å². The number of hydrogen-bond acceptors (Lipinski definition) is 6. The van der Waals surface area contributed by atoms with Gasteiger partial charge in [0.25, 0.3) is 10.1 Å². The fraction of sp³-hybridized carbons (Fsp3) is 0.909. The van der Waals surface area contributed by atoms with Crippen LogP contribution in [0.25, 0.3) is 0 Å². The molecule has 6 nitrogen and oxygen atoms in total. The van der Waals surface area contributed by atoms with Crippen molar-refractivity contribution in [2.45, 2.75) is 37.4 Å². The summed E-state index contributed by atoms with van der Waals surface area (Å²) in [6.45, 7) is 3.96. The predicted octanol–water partition coefficient (Wildman–Crippen LogP) is -0.0740. The van der Waals surface area contributed by atoms with Crippen molar-refractivity contribution in [2.75, 3.05) is 7.11 Å². The molecule has 2 bridgehead atoms. The van der Waals surface area contributed by atoms with Gasteiger partial charge in [-0.3, -0.25) is 8.98 Å². The van der Waals surface area contributed by atoms with Gasteiger partial charge in [0, 0.05) is 5.92 Å². The molecular weight excluding hydrogens is 260 g/mol. The Labute approximate surface area is 106 Å². The number of carbonyl (C=O) groups excluding carboxylic acids is 1. The minimum absolute atomic E-state index is 0.0763. The van der Waals surface area contributed by atoms with Crippen LogP contribution >= 0.6 is 0 Å². The van der Waals surface area contributed by atoms with Gasteiger partial charge >= 0.3 is 5.97 Å². The van der Waals surface area contributed by atoms with Gasteiger partial charge < -0.3 is 9.47 Å². The molecule has 3 rings (SSSR count). The van der Waals surface area contributed by atoms with Gasteiger partial charge in [-0.25, -0.2) is 0 Å². The van der Waals surface area contributed by atoms with Crippen LogP contribution in [0.4, 0.5) is 0 Å². The second kappa shape index (κ2) is 3.68. The molecule has 0 aromatic rings. The molecule has 6 unspecified atom stereocenters. The Kier molecular flexibility index (Phi) is 2.53. The van der Waals surface area contributed by atoms with E-state index in [2.05, 4.69) is 0 Å². The predicted molar refractivity (Wildman–Crippen MR) is 60.1 cm³/mol. The minimum Gasteiger partial charge on any atom is -0.469 e. The lowest BCUT2D eigenvalue weighted by Gasteiger charge is -2.29. The van der Waals surface area contributed by atoms with Crippen molar-refractivity contribution in [1.82, 2.24) is 0 Å². The van der Waals surface area contributed by atoms with Crippen molar-refractivity contribution in [3.8, 4) is 0 Å². The van der Waals surface area contributed by atoms with Crippen molar-refractivity contribution in [3.05, 3.63) is 0 Å². The Hall–Kier alpha value is -0.660. The molecule has 6 atom stereocenters. The second-order valence-electron chi connectivity index (χ2n) is 5.45. The normalized spacial score (nSPS) is 47.8. The highest BCUT2D eigenvalue weighted by molar-refractivity contribution is 7.87. The van der Waals surface area contributed by atoms with E-state index in [9.17, 15) is 13.2 Å². The van der Waals surface area contributed by atoms with Gasteiger partial charge in [-0.2, -0.15) is 8.42 Å². The van der Waals surface area contributed by atoms with Crippen LogP contribution in [0.1, 0.15) is 13.8 Å². The van der Waals surface area contributed by atoms with E-state index < -0.39 is 45.6 Å². The number of ether oxygens (including phenoxy) is 2. The van der Waals surface area contributed by atoms with Crippen molar-refractivity contribution < 1.29 is 26.9 Å². The molecule has 3 saturated heterocycles. The monoisotopic (exact) mass is 276 g/mol. The second-order valence-corrected chi connectivity index (χ2v) is 7.18. The molecule has 102 valence electrons. The number of methoxy groups -OCH3 is 1. The zero-order valence-corrected chi connectivity index (χ0v) is 11.2. The van der Waals surface area contributed by atoms with Crippen molar-refractivity contribution in [1.29, 1.82) is 0 Å². The lowest BCUT2D eigenvalue weighted by atomic mass is 9.74. The van der Waals surface area contributed by atoms with Crippen LogP contribution in [0, 0.1) is 17.8 Å². The summed E-state index contributed by atoms with van der Waals surface area (Å²) in [4.78, 5) is 11.8. The number of rotatable bonds is 2. The maximum atomic E-state index is 12.0. The molecule has 7 heteroatoms. The molecule has 3 fully saturated rings. The Balaban J connectivity index is 2.05.